The lowest BCUT2D eigenvalue weighted by atomic mass is 10.0. The molecule has 0 amide bonds. The summed E-state index contributed by atoms with van der Waals surface area (Å²) in [5.74, 6) is -1.18. The molecular formula is C20H18N2O6. The maximum absolute atomic E-state index is 12.8. The van der Waals surface area contributed by atoms with Crippen molar-refractivity contribution in [2.24, 2.45) is 0 Å². The monoisotopic (exact) mass is 382 g/mol. The van der Waals surface area contributed by atoms with Gasteiger partial charge in [-0.3, -0.25) is 14.9 Å². The Balaban J connectivity index is 1.67. The zero-order valence-electron chi connectivity index (χ0n) is 15.3. The number of aryl methyl sites for hydroxylation is 1. The van der Waals surface area contributed by atoms with E-state index >= 15 is 0 Å². The average molecular weight is 382 g/mol. The number of nitrogens with zero attached hydrogens (tertiary/aromatic N) is 1. The van der Waals surface area contributed by atoms with Crippen LogP contribution < -0.4 is 4.74 Å². The molecule has 0 aliphatic carbocycles. The summed E-state index contributed by atoms with van der Waals surface area (Å²) in [6, 6.07) is 13.1. The molecule has 0 aliphatic rings. The van der Waals surface area contributed by atoms with Crippen molar-refractivity contribution in [2.45, 2.75) is 20.0 Å². The number of rotatable bonds is 7. The van der Waals surface area contributed by atoms with Crippen LogP contribution in [0.3, 0.4) is 0 Å². The molecule has 1 atom stereocenters. The highest BCUT2D eigenvalue weighted by Gasteiger charge is 2.25. The Labute approximate surface area is 160 Å². The number of ketones is 1. The Morgan fingerprint density at radius 1 is 1.14 bits per heavy atom. The number of para-hydroxylation sites is 3. The van der Waals surface area contributed by atoms with E-state index in [0.717, 1.165) is 10.9 Å². The smallest absolute Gasteiger partial charge is 0.344 e. The van der Waals surface area contributed by atoms with Gasteiger partial charge in [-0.15, -0.1) is 0 Å². The summed E-state index contributed by atoms with van der Waals surface area (Å²) in [7, 11) is 0. The third kappa shape index (κ3) is 3.85. The molecule has 0 radical (unpaired) electrons. The maximum atomic E-state index is 12.8. The minimum absolute atomic E-state index is 0.0455. The third-order valence-electron chi connectivity index (χ3n) is 4.22. The Morgan fingerprint density at radius 3 is 2.57 bits per heavy atom. The number of benzene rings is 2. The number of aromatic nitrogens is 1. The van der Waals surface area contributed by atoms with Gasteiger partial charge in [0.25, 0.3) is 0 Å². The zero-order chi connectivity index (χ0) is 20.3. The molecule has 3 aromatic rings. The molecule has 1 unspecified atom stereocenters. The van der Waals surface area contributed by atoms with Crippen LogP contribution in [0.15, 0.2) is 48.5 Å². The second-order valence-corrected chi connectivity index (χ2v) is 6.18. The number of esters is 1. The molecule has 0 fully saturated rings. The van der Waals surface area contributed by atoms with Crippen LogP contribution in [0.2, 0.25) is 0 Å². The molecule has 0 saturated carbocycles. The van der Waals surface area contributed by atoms with E-state index < -0.39 is 23.6 Å². The van der Waals surface area contributed by atoms with Crippen molar-refractivity contribution >= 4 is 28.3 Å². The summed E-state index contributed by atoms with van der Waals surface area (Å²) in [5.41, 5.74) is 1.72. The van der Waals surface area contributed by atoms with Gasteiger partial charge in [0.15, 0.2) is 18.5 Å². The first-order chi connectivity index (χ1) is 13.4. The standard InChI is InChI=1S/C20H18N2O6/c1-12-19(14-7-3-4-8-15(14)21-12)20(24)13(2)28-18(23)11-27-17-10-6-5-9-16(17)22(25)26/h3-10,13,21H,11H2,1-2H3. The van der Waals surface area contributed by atoms with E-state index in [9.17, 15) is 19.7 Å². The Kier molecular flexibility index (Phi) is 5.39. The molecule has 1 aromatic heterocycles. The molecule has 2 aromatic carbocycles. The van der Waals surface area contributed by atoms with Crippen LogP contribution in [0.5, 0.6) is 5.75 Å². The number of ether oxygens (including phenoxy) is 2. The van der Waals surface area contributed by atoms with E-state index in [2.05, 4.69) is 4.98 Å². The summed E-state index contributed by atoms with van der Waals surface area (Å²) in [6.45, 7) is 2.71. The SMILES string of the molecule is Cc1[nH]c2ccccc2c1C(=O)C(C)OC(=O)COc1ccccc1[N+](=O)[O-]. The van der Waals surface area contributed by atoms with Crippen molar-refractivity contribution in [3.63, 3.8) is 0 Å². The Morgan fingerprint density at radius 2 is 1.82 bits per heavy atom. The van der Waals surface area contributed by atoms with Crippen molar-refractivity contribution in [3.05, 3.63) is 69.9 Å². The second-order valence-electron chi connectivity index (χ2n) is 6.18. The van der Waals surface area contributed by atoms with Crippen LogP contribution in [0.4, 0.5) is 5.69 Å². The fourth-order valence-electron chi connectivity index (χ4n) is 2.95. The van der Waals surface area contributed by atoms with Crippen molar-refractivity contribution in [1.82, 2.24) is 4.98 Å². The van der Waals surface area contributed by atoms with Gasteiger partial charge in [-0.25, -0.2) is 4.79 Å². The van der Waals surface area contributed by atoms with Gasteiger partial charge in [0, 0.05) is 28.2 Å². The first-order valence-corrected chi connectivity index (χ1v) is 8.55. The summed E-state index contributed by atoms with van der Waals surface area (Å²) < 4.78 is 10.4. The van der Waals surface area contributed by atoms with Gasteiger partial charge in [0.1, 0.15) is 0 Å². The predicted molar refractivity (Wildman–Crippen MR) is 102 cm³/mol. The number of nitro benzene ring substituents is 1. The van der Waals surface area contributed by atoms with E-state index in [0.29, 0.717) is 11.3 Å². The molecule has 0 bridgehead atoms. The molecule has 28 heavy (non-hydrogen) atoms. The van der Waals surface area contributed by atoms with Crippen molar-refractivity contribution in [3.8, 4) is 5.75 Å². The lowest BCUT2D eigenvalue weighted by Crippen LogP contribution is -2.27. The number of nitro groups is 1. The van der Waals surface area contributed by atoms with Gasteiger partial charge in [-0.05, 0) is 26.0 Å². The van der Waals surface area contributed by atoms with Crippen LogP contribution >= 0.6 is 0 Å². The third-order valence-corrected chi connectivity index (χ3v) is 4.22. The van der Waals surface area contributed by atoms with Gasteiger partial charge in [0.2, 0.25) is 5.78 Å². The van der Waals surface area contributed by atoms with Crippen LogP contribution in [-0.2, 0) is 9.53 Å². The quantitative estimate of drug-likeness (QED) is 0.289. The highest BCUT2D eigenvalue weighted by Crippen LogP contribution is 2.26. The van der Waals surface area contributed by atoms with Gasteiger partial charge in [0.05, 0.1) is 4.92 Å². The number of fused-ring (bicyclic) bond motifs is 1. The lowest BCUT2D eigenvalue weighted by Gasteiger charge is -2.13. The number of hydrogen-bond acceptors (Lipinski definition) is 6. The predicted octanol–water partition coefficient (Wildman–Crippen LogP) is 3.58. The normalized spacial score (nSPS) is 11.8. The number of H-pyrrole nitrogens is 1. The highest BCUT2D eigenvalue weighted by atomic mass is 16.6. The summed E-state index contributed by atoms with van der Waals surface area (Å²) in [4.78, 5) is 38.3. The maximum Gasteiger partial charge on any atom is 0.344 e. The number of aromatic amines is 1. The summed E-state index contributed by atoms with van der Waals surface area (Å²) >= 11 is 0. The first-order valence-electron chi connectivity index (χ1n) is 8.55. The molecule has 1 N–H and O–H groups in total. The van der Waals surface area contributed by atoms with E-state index in [1.165, 1.54) is 25.1 Å². The number of carbonyl (C=O) groups excluding carboxylic acids is 2. The van der Waals surface area contributed by atoms with E-state index in [1.807, 2.05) is 24.3 Å². The van der Waals surface area contributed by atoms with Gasteiger partial charge in [-0.1, -0.05) is 30.3 Å². The van der Waals surface area contributed by atoms with Gasteiger partial charge < -0.3 is 14.5 Å². The molecule has 8 heteroatoms. The minimum Gasteiger partial charge on any atom is -0.475 e. The number of carbonyl (C=O) groups is 2. The second kappa shape index (κ2) is 7.91. The molecule has 0 aliphatic heterocycles. The lowest BCUT2D eigenvalue weighted by molar-refractivity contribution is -0.385. The van der Waals surface area contributed by atoms with Crippen molar-refractivity contribution < 1.29 is 24.0 Å². The zero-order valence-corrected chi connectivity index (χ0v) is 15.3. The van der Waals surface area contributed by atoms with Crippen molar-refractivity contribution in [1.29, 1.82) is 0 Å². The summed E-state index contributed by atoms with van der Waals surface area (Å²) in [6.07, 6.45) is -1.03. The fraction of sp³-hybridized carbons (Fsp3) is 0.200. The fourth-order valence-corrected chi connectivity index (χ4v) is 2.95. The average Bonchev–Trinajstić information content (AvgIpc) is 3.01. The molecule has 8 nitrogen and oxygen atoms in total. The molecular weight excluding hydrogens is 364 g/mol. The highest BCUT2D eigenvalue weighted by molar-refractivity contribution is 6.11. The van der Waals surface area contributed by atoms with E-state index in [-0.39, 0.29) is 17.2 Å². The number of nitrogens with one attached hydrogen (secondary N) is 1. The molecule has 144 valence electrons. The Hall–Kier alpha value is -3.68. The van der Waals surface area contributed by atoms with Crippen LogP contribution in [-0.4, -0.2) is 34.4 Å². The van der Waals surface area contributed by atoms with E-state index in [4.69, 9.17) is 9.47 Å². The molecule has 1 heterocycles. The molecule has 0 saturated heterocycles. The Bertz CT molecular complexity index is 1060. The summed E-state index contributed by atoms with van der Waals surface area (Å²) in [5, 5.41) is 11.7. The van der Waals surface area contributed by atoms with Gasteiger partial charge in [-0.2, -0.15) is 0 Å². The number of hydrogen-bond donors (Lipinski definition) is 1. The topological polar surface area (TPSA) is 112 Å². The van der Waals surface area contributed by atoms with Crippen LogP contribution in [0.1, 0.15) is 23.0 Å². The van der Waals surface area contributed by atoms with Crippen molar-refractivity contribution in [2.75, 3.05) is 6.61 Å². The number of Topliss-reactive ketones (excluding diaryl/α,β-unsaturated/α-hetero) is 1. The van der Waals surface area contributed by atoms with Crippen LogP contribution in [0.25, 0.3) is 10.9 Å². The van der Waals surface area contributed by atoms with Gasteiger partial charge >= 0.3 is 11.7 Å². The van der Waals surface area contributed by atoms with E-state index in [1.54, 1.807) is 13.0 Å². The minimum atomic E-state index is -1.03. The largest absolute Gasteiger partial charge is 0.475 e. The first kappa shape index (κ1) is 19.1. The molecule has 0 spiro atoms. The van der Waals surface area contributed by atoms with Crippen LogP contribution in [0, 0.1) is 17.0 Å². The molecule has 3 rings (SSSR count).